The number of halogens is 2. The van der Waals surface area contributed by atoms with Gasteiger partial charge in [-0.3, -0.25) is 4.79 Å². The lowest BCUT2D eigenvalue weighted by Gasteiger charge is -2.31. The van der Waals surface area contributed by atoms with E-state index in [9.17, 15) is 30.4 Å². The maximum atomic E-state index is 13.6. The Labute approximate surface area is 145 Å². The summed E-state index contributed by atoms with van der Waals surface area (Å²) in [5, 5.41) is -0.527. The van der Waals surface area contributed by atoms with Crippen LogP contribution < -0.4 is 4.72 Å². The summed E-state index contributed by atoms with van der Waals surface area (Å²) in [6.45, 7) is -0.321. The molecule has 1 aromatic rings. The first kappa shape index (κ1) is 19.7. The summed E-state index contributed by atoms with van der Waals surface area (Å²) in [5.74, 6) is -3.10. The molecule has 140 valence electrons. The summed E-state index contributed by atoms with van der Waals surface area (Å²) in [6, 6.07) is 2.63. The molecule has 1 amide bonds. The smallest absolute Gasteiger partial charge is 0.246 e. The van der Waals surface area contributed by atoms with E-state index in [2.05, 4.69) is 0 Å². The van der Waals surface area contributed by atoms with Crippen LogP contribution in [0.1, 0.15) is 12.8 Å². The van der Waals surface area contributed by atoms with Crippen molar-refractivity contribution < 1.29 is 30.4 Å². The molecule has 0 spiro atoms. The Kier molecular flexibility index (Phi) is 5.79. The number of sulfonamides is 1. The number of likely N-dealkylation sites (tertiary alicyclic amines) is 1. The Morgan fingerprint density at radius 2 is 1.68 bits per heavy atom. The molecule has 1 saturated heterocycles. The highest BCUT2D eigenvalue weighted by Gasteiger charge is 2.30. The highest BCUT2D eigenvalue weighted by molar-refractivity contribution is 7.91. The maximum Gasteiger partial charge on any atom is 0.246 e. The summed E-state index contributed by atoms with van der Waals surface area (Å²) >= 11 is 0. The number of carbonyl (C=O) groups excluding carboxylic acids is 1. The van der Waals surface area contributed by atoms with Crippen molar-refractivity contribution in [1.82, 2.24) is 9.62 Å². The van der Waals surface area contributed by atoms with Gasteiger partial charge in [0.2, 0.25) is 15.9 Å². The summed E-state index contributed by atoms with van der Waals surface area (Å²) in [5.41, 5.74) is 0. The molecule has 0 aliphatic carbocycles. The Bertz CT molecular complexity index is 843. The zero-order valence-corrected chi connectivity index (χ0v) is 15.0. The molecule has 0 unspecified atom stereocenters. The monoisotopic (exact) mass is 396 g/mol. The normalized spacial score (nSPS) is 16.8. The van der Waals surface area contributed by atoms with E-state index in [-0.39, 0.29) is 25.9 Å². The lowest BCUT2D eigenvalue weighted by Crippen LogP contribution is -2.46. The number of nitrogens with zero attached hydrogens (tertiary/aromatic N) is 1. The lowest BCUT2D eigenvalue weighted by atomic mass is 10.1. The molecule has 7 nitrogen and oxygen atoms in total. The average molecular weight is 396 g/mol. The largest absolute Gasteiger partial charge is 0.341 e. The van der Waals surface area contributed by atoms with E-state index in [0.29, 0.717) is 0 Å². The van der Waals surface area contributed by atoms with Crippen LogP contribution in [0.2, 0.25) is 0 Å². The van der Waals surface area contributed by atoms with Crippen molar-refractivity contribution in [2.24, 2.45) is 0 Å². The summed E-state index contributed by atoms with van der Waals surface area (Å²) in [7, 11) is -7.72. The second kappa shape index (κ2) is 7.34. The highest BCUT2D eigenvalue weighted by atomic mass is 32.2. The predicted octanol–water partition coefficient (Wildman–Crippen LogP) is 0.279. The van der Waals surface area contributed by atoms with Gasteiger partial charge in [-0.1, -0.05) is 6.07 Å². The molecule has 0 aromatic heterocycles. The quantitative estimate of drug-likeness (QED) is 0.771. The Hall–Kier alpha value is -1.59. The third-order valence-electron chi connectivity index (χ3n) is 4.00. The molecule has 25 heavy (non-hydrogen) atoms. The van der Waals surface area contributed by atoms with Gasteiger partial charge >= 0.3 is 0 Å². The van der Waals surface area contributed by atoms with Crippen molar-refractivity contribution in [2.45, 2.75) is 23.0 Å². The first-order valence-corrected chi connectivity index (χ1v) is 10.9. The van der Waals surface area contributed by atoms with E-state index in [4.69, 9.17) is 0 Å². The topological polar surface area (TPSA) is 101 Å². The van der Waals surface area contributed by atoms with E-state index in [1.54, 1.807) is 0 Å². The van der Waals surface area contributed by atoms with Crippen molar-refractivity contribution in [1.29, 1.82) is 0 Å². The van der Waals surface area contributed by atoms with E-state index >= 15 is 0 Å². The van der Waals surface area contributed by atoms with Gasteiger partial charge in [-0.05, 0) is 25.0 Å². The van der Waals surface area contributed by atoms with Gasteiger partial charge < -0.3 is 4.90 Å². The van der Waals surface area contributed by atoms with Crippen LogP contribution in [0.3, 0.4) is 0 Å². The number of benzene rings is 1. The minimum Gasteiger partial charge on any atom is -0.341 e. The molecule has 2 rings (SSSR count). The summed E-state index contributed by atoms with van der Waals surface area (Å²) in [4.78, 5) is 12.2. The molecule has 1 aromatic carbocycles. The Balaban J connectivity index is 1.99. The van der Waals surface area contributed by atoms with Gasteiger partial charge in [0.25, 0.3) is 0 Å². The van der Waals surface area contributed by atoms with E-state index < -0.39 is 54.1 Å². The van der Waals surface area contributed by atoms with Crippen LogP contribution >= 0.6 is 0 Å². The molecule has 1 aliphatic rings. The van der Waals surface area contributed by atoms with Crippen molar-refractivity contribution in [2.75, 3.05) is 25.9 Å². The molecule has 11 heteroatoms. The van der Waals surface area contributed by atoms with Gasteiger partial charge in [-0.15, -0.1) is 0 Å². The van der Waals surface area contributed by atoms with Crippen LogP contribution in [0.25, 0.3) is 0 Å². The van der Waals surface area contributed by atoms with Gasteiger partial charge in [-0.2, -0.15) is 0 Å². The Morgan fingerprint density at radius 1 is 1.16 bits per heavy atom. The fourth-order valence-corrected chi connectivity index (χ4v) is 4.79. The van der Waals surface area contributed by atoms with Crippen LogP contribution in [-0.4, -0.2) is 58.8 Å². The second-order valence-electron chi connectivity index (χ2n) is 5.79. The number of nitrogens with one attached hydrogen (secondary N) is 1. The molecule has 0 radical (unpaired) electrons. The van der Waals surface area contributed by atoms with Crippen LogP contribution in [-0.2, 0) is 24.7 Å². The first-order chi connectivity index (χ1) is 11.5. The number of amides is 1. The molecule has 0 bridgehead atoms. The van der Waals surface area contributed by atoms with Crippen molar-refractivity contribution >= 4 is 25.8 Å². The molecule has 1 heterocycles. The standard InChI is InChI=1S/C14H18F2N2O5S2/c1-24(20,21)10-5-7-18(8-6-10)13(19)9-17-25(22,23)14-11(15)3-2-4-12(14)16/h2-4,10,17H,5-9H2,1H3. The van der Waals surface area contributed by atoms with Crippen molar-refractivity contribution in [3.05, 3.63) is 29.8 Å². The third kappa shape index (κ3) is 4.73. The predicted molar refractivity (Wildman–Crippen MR) is 86.0 cm³/mol. The third-order valence-corrected chi connectivity index (χ3v) is 7.14. The number of piperidine rings is 1. The van der Waals surface area contributed by atoms with Crippen LogP contribution in [0.4, 0.5) is 8.78 Å². The van der Waals surface area contributed by atoms with E-state index in [1.165, 1.54) is 4.90 Å². The summed E-state index contributed by atoms with van der Waals surface area (Å²) < 4.78 is 76.0. The van der Waals surface area contributed by atoms with E-state index in [1.807, 2.05) is 4.72 Å². The maximum absolute atomic E-state index is 13.6. The number of carbonyl (C=O) groups is 1. The number of rotatable bonds is 5. The molecule has 0 atom stereocenters. The van der Waals surface area contributed by atoms with Crippen LogP contribution in [0.5, 0.6) is 0 Å². The molecular weight excluding hydrogens is 378 g/mol. The fourth-order valence-electron chi connectivity index (χ4n) is 2.61. The van der Waals surface area contributed by atoms with Crippen LogP contribution in [0, 0.1) is 11.6 Å². The average Bonchev–Trinajstić information content (AvgIpc) is 2.51. The Morgan fingerprint density at radius 3 is 2.16 bits per heavy atom. The highest BCUT2D eigenvalue weighted by Crippen LogP contribution is 2.19. The lowest BCUT2D eigenvalue weighted by molar-refractivity contribution is -0.130. The van der Waals surface area contributed by atoms with Gasteiger partial charge in [0.1, 0.15) is 21.5 Å². The van der Waals surface area contributed by atoms with Crippen molar-refractivity contribution in [3.63, 3.8) is 0 Å². The van der Waals surface area contributed by atoms with Crippen molar-refractivity contribution in [3.8, 4) is 0 Å². The first-order valence-electron chi connectivity index (χ1n) is 7.42. The molecular formula is C14H18F2N2O5S2. The second-order valence-corrected chi connectivity index (χ2v) is 9.81. The summed E-state index contributed by atoms with van der Waals surface area (Å²) in [6.07, 6.45) is 1.66. The van der Waals surface area contributed by atoms with Gasteiger partial charge in [0.05, 0.1) is 11.8 Å². The minimum absolute atomic E-state index is 0.173. The van der Waals surface area contributed by atoms with Gasteiger partial charge in [-0.25, -0.2) is 30.3 Å². The molecule has 1 N–H and O–H groups in total. The van der Waals surface area contributed by atoms with E-state index in [0.717, 1.165) is 24.5 Å². The molecule has 1 aliphatic heterocycles. The fraction of sp³-hybridized carbons (Fsp3) is 0.500. The number of hydrogen-bond donors (Lipinski definition) is 1. The molecule has 1 fully saturated rings. The zero-order chi connectivity index (χ0) is 18.8. The molecule has 0 saturated carbocycles. The number of hydrogen-bond acceptors (Lipinski definition) is 5. The zero-order valence-electron chi connectivity index (χ0n) is 13.4. The van der Waals surface area contributed by atoms with Gasteiger partial charge in [0.15, 0.2) is 4.90 Å². The number of sulfone groups is 1. The minimum atomic E-state index is -4.53. The van der Waals surface area contributed by atoms with Gasteiger partial charge in [0, 0.05) is 19.3 Å². The SMILES string of the molecule is CS(=O)(=O)C1CCN(C(=O)CNS(=O)(=O)c2c(F)cccc2F)CC1. The van der Waals surface area contributed by atoms with Crippen LogP contribution in [0.15, 0.2) is 23.1 Å².